The van der Waals surface area contributed by atoms with Crippen molar-refractivity contribution in [2.45, 2.75) is 19.8 Å². The van der Waals surface area contributed by atoms with Gasteiger partial charge in [-0.05, 0) is 44.5 Å². The molecule has 0 saturated carbocycles. The number of benzene rings is 1. The summed E-state index contributed by atoms with van der Waals surface area (Å²) in [7, 11) is 1.89. The molecule has 0 spiro atoms. The third kappa shape index (κ3) is 4.15. The fourth-order valence-electron chi connectivity index (χ4n) is 1.71. The Bertz CT molecular complexity index is 393. The Labute approximate surface area is 101 Å². The van der Waals surface area contributed by atoms with E-state index < -0.39 is 5.82 Å². The molecule has 1 aromatic rings. The first-order valence-electron chi connectivity index (χ1n) is 5.75. The first-order chi connectivity index (χ1) is 8.04. The maximum Gasteiger partial charge on any atom is 0.127 e. The first kappa shape index (κ1) is 13.6. The minimum atomic E-state index is -0.484. The Balaban J connectivity index is 2.63. The van der Waals surface area contributed by atoms with E-state index in [2.05, 4.69) is 12.2 Å². The minimum Gasteiger partial charge on any atom is -0.507 e. The molecule has 0 radical (unpaired) electrons. The Morgan fingerprint density at radius 3 is 2.82 bits per heavy atom. The molecule has 1 unspecified atom stereocenters. The smallest absolute Gasteiger partial charge is 0.127 e. The lowest BCUT2D eigenvalue weighted by atomic mass is 9.96. The summed E-state index contributed by atoms with van der Waals surface area (Å²) in [6.45, 7) is 2.97. The van der Waals surface area contributed by atoms with Crippen molar-refractivity contribution in [2.75, 3.05) is 13.6 Å². The Kier molecular flexibility index (Phi) is 5.10. The second-order valence-corrected chi connectivity index (χ2v) is 4.34. The van der Waals surface area contributed by atoms with E-state index in [1.807, 2.05) is 7.05 Å². The Morgan fingerprint density at radius 1 is 1.53 bits per heavy atom. The minimum absolute atomic E-state index is 0.157. The van der Waals surface area contributed by atoms with Gasteiger partial charge in [0.25, 0.3) is 0 Å². The van der Waals surface area contributed by atoms with Crippen LogP contribution in [0.3, 0.4) is 0 Å². The number of phenolic OH excluding ortho intramolecular Hbond substituents is 1. The molecule has 17 heavy (non-hydrogen) atoms. The molecule has 3 nitrogen and oxygen atoms in total. The quantitative estimate of drug-likeness (QED) is 0.667. The molecule has 0 amide bonds. The molecule has 0 fully saturated rings. The number of nitrogens with one attached hydrogen (secondary N) is 2. The van der Waals surface area contributed by atoms with Crippen molar-refractivity contribution < 1.29 is 9.50 Å². The van der Waals surface area contributed by atoms with E-state index in [0.717, 1.165) is 19.0 Å². The molecule has 4 heteroatoms. The molecule has 0 aliphatic rings. The number of aromatic hydroxyl groups is 1. The van der Waals surface area contributed by atoms with Crippen LogP contribution in [0.5, 0.6) is 5.75 Å². The molecule has 0 aromatic heterocycles. The lowest BCUT2D eigenvalue weighted by Crippen LogP contribution is -2.14. The van der Waals surface area contributed by atoms with Crippen LogP contribution in [0.15, 0.2) is 18.2 Å². The number of hydrogen-bond acceptors (Lipinski definition) is 3. The maximum absolute atomic E-state index is 12.8. The largest absolute Gasteiger partial charge is 0.507 e. The van der Waals surface area contributed by atoms with Gasteiger partial charge in [-0.1, -0.05) is 6.92 Å². The van der Waals surface area contributed by atoms with Crippen LogP contribution in [-0.4, -0.2) is 24.4 Å². The van der Waals surface area contributed by atoms with E-state index in [1.165, 1.54) is 12.1 Å². The molecule has 1 aromatic carbocycles. The van der Waals surface area contributed by atoms with Gasteiger partial charge in [-0.25, -0.2) is 4.39 Å². The van der Waals surface area contributed by atoms with Crippen molar-refractivity contribution in [1.82, 2.24) is 5.32 Å². The highest BCUT2D eigenvalue weighted by Gasteiger charge is 2.11. The van der Waals surface area contributed by atoms with Crippen molar-refractivity contribution in [2.24, 2.45) is 5.92 Å². The third-order valence-electron chi connectivity index (χ3n) is 2.72. The number of rotatable bonds is 6. The zero-order valence-corrected chi connectivity index (χ0v) is 10.3. The normalized spacial score (nSPS) is 12.4. The fourth-order valence-corrected chi connectivity index (χ4v) is 1.71. The van der Waals surface area contributed by atoms with Gasteiger partial charge in [0.15, 0.2) is 0 Å². The SMILES string of the molecule is CNCCC(C)CC(=N)c1ccc(F)cc1O. The molecule has 0 aliphatic heterocycles. The molecule has 3 N–H and O–H groups in total. The molecule has 0 aliphatic carbocycles. The van der Waals surface area contributed by atoms with Gasteiger partial charge < -0.3 is 15.8 Å². The zero-order chi connectivity index (χ0) is 12.8. The Hall–Kier alpha value is -1.42. The van der Waals surface area contributed by atoms with Crippen LogP contribution >= 0.6 is 0 Å². The van der Waals surface area contributed by atoms with Gasteiger partial charge in [0.05, 0.1) is 0 Å². The zero-order valence-electron chi connectivity index (χ0n) is 10.3. The molecule has 94 valence electrons. The first-order valence-corrected chi connectivity index (χ1v) is 5.75. The summed E-state index contributed by atoms with van der Waals surface area (Å²) in [4.78, 5) is 0. The molecular formula is C13H19FN2O. The van der Waals surface area contributed by atoms with Crippen LogP contribution in [0.2, 0.25) is 0 Å². The van der Waals surface area contributed by atoms with E-state index >= 15 is 0 Å². The molecule has 0 heterocycles. The molecule has 0 bridgehead atoms. The predicted octanol–water partition coefficient (Wildman–Crippen LogP) is 2.53. The van der Waals surface area contributed by atoms with Crippen LogP contribution in [0, 0.1) is 17.1 Å². The van der Waals surface area contributed by atoms with E-state index in [-0.39, 0.29) is 5.75 Å². The van der Waals surface area contributed by atoms with Gasteiger partial charge in [0.1, 0.15) is 11.6 Å². The van der Waals surface area contributed by atoms with E-state index in [1.54, 1.807) is 0 Å². The van der Waals surface area contributed by atoms with Crippen molar-refractivity contribution in [1.29, 1.82) is 5.41 Å². The summed E-state index contributed by atoms with van der Waals surface area (Å²) < 4.78 is 12.8. The van der Waals surface area contributed by atoms with Crippen molar-refractivity contribution in [3.05, 3.63) is 29.6 Å². The van der Waals surface area contributed by atoms with Crippen LogP contribution in [0.1, 0.15) is 25.3 Å². The fraction of sp³-hybridized carbons (Fsp3) is 0.462. The summed E-state index contributed by atoms with van der Waals surface area (Å²) in [6.07, 6.45) is 1.56. The number of hydrogen-bond donors (Lipinski definition) is 3. The predicted molar refractivity (Wildman–Crippen MR) is 67.2 cm³/mol. The standard InChI is InChI=1S/C13H19FN2O/c1-9(5-6-16-2)7-12(15)11-4-3-10(14)8-13(11)17/h3-4,8-9,15-17H,5-7H2,1-2H3. The van der Waals surface area contributed by atoms with Gasteiger partial charge in [0, 0.05) is 17.3 Å². The average Bonchev–Trinajstić information content (AvgIpc) is 2.26. The van der Waals surface area contributed by atoms with Gasteiger partial charge >= 0.3 is 0 Å². The third-order valence-corrected chi connectivity index (χ3v) is 2.72. The van der Waals surface area contributed by atoms with E-state index in [9.17, 15) is 9.50 Å². The summed E-state index contributed by atoms with van der Waals surface area (Å²) in [5.74, 6) is -0.280. The molecular weight excluding hydrogens is 219 g/mol. The summed E-state index contributed by atoms with van der Waals surface area (Å²) in [5, 5.41) is 20.5. The van der Waals surface area contributed by atoms with E-state index in [4.69, 9.17) is 5.41 Å². The lowest BCUT2D eigenvalue weighted by Gasteiger charge is -2.12. The van der Waals surface area contributed by atoms with E-state index in [0.29, 0.717) is 23.6 Å². The van der Waals surface area contributed by atoms with Crippen molar-refractivity contribution in [3.8, 4) is 5.75 Å². The van der Waals surface area contributed by atoms with Crippen molar-refractivity contribution >= 4 is 5.71 Å². The van der Waals surface area contributed by atoms with Crippen molar-refractivity contribution in [3.63, 3.8) is 0 Å². The lowest BCUT2D eigenvalue weighted by molar-refractivity contribution is 0.467. The number of phenols is 1. The van der Waals surface area contributed by atoms with Gasteiger partial charge in [-0.3, -0.25) is 0 Å². The van der Waals surface area contributed by atoms with Crippen LogP contribution in [-0.2, 0) is 0 Å². The van der Waals surface area contributed by atoms with Gasteiger partial charge in [-0.15, -0.1) is 0 Å². The summed E-state index contributed by atoms with van der Waals surface area (Å²) in [5.41, 5.74) is 0.772. The molecule has 0 saturated heterocycles. The highest BCUT2D eigenvalue weighted by atomic mass is 19.1. The molecule has 1 atom stereocenters. The highest BCUT2D eigenvalue weighted by molar-refractivity contribution is 6.00. The monoisotopic (exact) mass is 238 g/mol. The van der Waals surface area contributed by atoms with Crippen LogP contribution in [0.25, 0.3) is 0 Å². The topological polar surface area (TPSA) is 56.1 Å². The van der Waals surface area contributed by atoms with Gasteiger partial charge in [0.2, 0.25) is 0 Å². The van der Waals surface area contributed by atoms with Crippen LogP contribution in [0.4, 0.5) is 4.39 Å². The number of halogens is 1. The second kappa shape index (κ2) is 6.35. The molecule has 1 rings (SSSR count). The second-order valence-electron chi connectivity index (χ2n) is 4.34. The Morgan fingerprint density at radius 2 is 2.24 bits per heavy atom. The maximum atomic E-state index is 12.8. The summed E-state index contributed by atoms with van der Waals surface area (Å²) in [6, 6.07) is 3.77. The van der Waals surface area contributed by atoms with Crippen LogP contribution < -0.4 is 5.32 Å². The summed E-state index contributed by atoms with van der Waals surface area (Å²) >= 11 is 0. The average molecular weight is 238 g/mol. The van der Waals surface area contributed by atoms with Gasteiger partial charge in [-0.2, -0.15) is 0 Å². The highest BCUT2D eigenvalue weighted by Crippen LogP contribution is 2.21.